The van der Waals surface area contributed by atoms with Crippen LogP contribution >= 0.6 is 0 Å². The van der Waals surface area contributed by atoms with Crippen LogP contribution in [0, 0.1) is 30.5 Å². The Morgan fingerprint density at radius 3 is 2.54 bits per heavy atom. The van der Waals surface area contributed by atoms with E-state index < -0.39 is 17.9 Å². The van der Waals surface area contributed by atoms with Crippen LogP contribution in [0.5, 0.6) is 0 Å². The van der Waals surface area contributed by atoms with Gasteiger partial charge in [-0.25, -0.2) is 9.37 Å². The van der Waals surface area contributed by atoms with Gasteiger partial charge in [-0.15, -0.1) is 0 Å². The predicted molar refractivity (Wildman–Crippen MR) is 140 cm³/mol. The smallest absolute Gasteiger partial charge is 0.287 e. The molecule has 2 amide bonds. The van der Waals surface area contributed by atoms with E-state index in [-0.39, 0.29) is 29.4 Å². The Morgan fingerprint density at radius 2 is 1.78 bits per heavy atom. The summed E-state index contributed by atoms with van der Waals surface area (Å²) in [5, 5.41) is 3.01. The zero-order valence-electron chi connectivity index (χ0n) is 20.9. The normalized spacial score (nSPS) is 21.2. The molecular weight excluding hydrogens is 469 g/mol. The summed E-state index contributed by atoms with van der Waals surface area (Å²) in [6, 6.07) is 12.1. The van der Waals surface area contributed by atoms with Crippen LogP contribution in [0.4, 0.5) is 4.39 Å². The Bertz CT molecular complexity index is 1540. The fraction of sp³-hybridized carbons (Fsp3) is 0.241. The summed E-state index contributed by atoms with van der Waals surface area (Å²) in [5.41, 5.74) is 10.1. The van der Waals surface area contributed by atoms with Gasteiger partial charge in [0.25, 0.3) is 5.91 Å². The third-order valence-corrected chi connectivity index (χ3v) is 7.14. The van der Waals surface area contributed by atoms with E-state index >= 15 is 0 Å². The SMILES string of the molecule is Cc1cc(-c2ncccc2-c2ccc3cnc(C(=O)N[C@@H]4C(C)C=CC(C)[C@@H]4C(N)=O)n3c2)ccc1F. The molecule has 0 spiro atoms. The number of hydrogen-bond donors (Lipinski definition) is 2. The Hall–Kier alpha value is -4.33. The van der Waals surface area contributed by atoms with Gasteiger partial charge >= 0.3 is 0 Å². The Kier molecular flexibility index (Phi) is 6.33. The van der Waals surface area contributed by atoms with Crippen molar-refractivity contribution < 1.29 is 14.0 Å². The summed E-state index contributed by atoms with van der Waals surface area (Å²) in [4.78, 5) is 34.5. The van der Waals surface area contributed by atoms with E-state index in [4.69, 9.17) is 5.73 Å². The number of nitrogens with zero attached hydrogens (tertiary/aromatic N) is 3. The van der Waals surface area contributed by atoms with Crippen LogP contribution < -0.4 is 11.1 Å². The van der Waals surface area contributed by atoms with Gasteiger partial charge in [0.1, 0.15) is 5.82 Å². The molecule has 0 radical (unpaired) electrons. The second-order valence-electron chi connectivity index (χ2n) is 9.69. The molecule has 0 aliphatic heterocycles. The maximum atomic E-state index is 13.9. The molecule has 4 aromatic rings. The zero-order chi connectivity index (χ0) is 26.3. The van der Waals surface area contributed by atoms with E-state index in [0.29, 0.717) is 11.3 Å². The minimum absolute atomic E-state index is 0.0587. The number of hydrogen-bond acceptors (Lipinski definition) is 4. The van der Waals surface area contributed by atoms with Gasteiger partial charge < -0.3 is 11.1 Å². The van der Waals surface area contributed by atoms with E-state index in [1.165, 1.54) is 6.07 Å². The maximum Gasteiger partial charge on any atom is 0.287 e. The van der Waals surface area contributed by atoms with E-state index in [1.807, 2.05) is 56.5 Å². The van der Waals surface area contributed by atoms with Crippen molar-refractivity contribution in [2.45, 2.75) is 26.8 Å². The second kappa shape index (κ2) is 9.61. The van der Waals surface area contributed by atoms with Crippen LogP contribution in [-0.2, 0) is 4.79 Å². The van der Waals surface area contributed by atoms with Crippen LogP contribution in [0.15, 0.2) is 73.2 Å². The van der Waals surface area contributed by atoms with Crippen molar-refractivity contribution in [3.05, 3.63) is 90.4 Å². The fourth-order valence-electron chi connectivity index (χ4n) is 5.10. The standard InChI is InChI=1S/C29H28FN5O2/c1-16-6-7-17(2)25(24(16)27(31)36)34-29(37)28-33-14-21-10-8-20(15-35(21)28)22-5-4-12-32-26(22)19-9-11-23(30)18(3)13-19/h4-17,24-25H,1-3H3,(H2,31,36)(H,34,37)/t16?,17?,24-,25+/m0/s1. The molecule has 3 N–H and O–H groups in total. The van der Waals surface area contributed by atoms with Gasteiger partial charge in [0.15, 0.2) is 0 Å². The lowest BCUT2D eigenvalue weighted by molar-refractivity contribution is -0.124. The van der Waals surface area contributed by atoms with Crippen molar-refractivity contribution in [3.8, 4) is 22.4 Å². The summed E-state index contributed by atoms with van der Waals surface area (Å²) < 4.78 is 15.6. The summed E-state index contributed by atoms with van der Waals surface area (Å²) in [5.74, 6) is -1.54. The van der Waals surface area contributed by atoms with Gasteiger partial charge in [0, 0.05) is 35.1 Å². The second-order valence-corrected chi connectivity index (χ2v) is 9.69. The fourth-order valence-corrected chi connectivity index (χ4v) is 5.10. The Labute approximate surface area is 214 Å². The number of carbonyl (C=O) groups is 2. The number of carbonyl (C=O) groups excluding carboxylic acids is 2. The number of primary amides is 1. The number of rotatable bonds is 5. The third kappa shape index (κ3) is 4.50. The molecule has 188 valence electrons. The van der Waals surface area contributed by atoms with Crippen molar-refractivity contribution in [1.29, 1.82) is 0 Å². The molecule has 37 heavy (non-hydrogen) atoms. The van der Waals surface area contributed by atoms with Gasteiger partial charge in [0.05, 0.1) is 23.3 Å². The quantitative estimate of drug-likeness (QED) is 0.395. The number of pyridine rings is 2. The van der Waals surface area contributed by atoms with Crippen molar-refractivity contribution >= 4 is 17.3 Å². The Balaban J connectivity index is 1.52. The van der Waals surface area contributed by atoms with Crippen LogP contribution in [0.3, 0.4) is 0 Å². The zero-order valence-corrected chi connectivity index (χ0v) is 20.9. The number of aromatic nitrogens is 3. The number of nitrogens with two attached hydrogens (primary N) is 1. The summed E-state index contributed by atoms with van der Waals surface area (Å²) in [6.07, 6.45) is 9.13. The lowest BCUT2D eigenvalue weighted by atomic mass is 9.76. The average molecular weight is 498 g/mol. The highest BCUT2D eigenvalue weighted by Crippen LogP contribution is 2.32. The average Bonchev–Trinajstić information content (AvgIpc) is 3.31. The molecule has 0 saturated carbocycles. The van der Waals surface area contributed by atoms with E-state index in [1.54, 1.807) is 35.9 Å². The molecule has 3 heterocycles. The van der Waals surface area contributed by atoms with Gasteiger partial charge in [-0.1, -0.05) is 38.1 Å². The molecule has 0 saturated heterocycles. The highest BCUT2D eigenvalue weighted by Gasteiger charge is 2.37. The van der Waals surface area contributed by atoms with Crippen LogP contribution in [0.2, 0.25) is 0 Å². The number of halogens is 1. The monoisotopic (exact) mass is 497 g/mol. The summed E-state index contributed by atoms with van der Waals surface area (Å²) in [7, 11) is 0. The van der Waals surface area contributed by atoms with Gasteiger partial charge in [0.2, 0.25) is 11.7 Å². The number of fused-ring (bicyclic) bond motifs is 1. The first-order chi connectivity index (χ1) is 17.7. The molecule has 0 fully saturated rings. The topological polar surface area (TPSA) is 102 Å². The molecule has 0 bridgehead atoms. The number of allylic oxidation sites excluding steroid dienone is 1. The number of aryl methyl sites for hydroxylation is 1. The van der Waals surface area contributed by atoms with Crippen LogP contribution in [0.25, 0.3) is 27.9 Å². The van der Waals surface area contributed by atoms with E-state index in [2.05, 4.69) is 15.3 Å². The summed E-state index contributed by atoms with van der Waals surface area (Å²) >= 11 is 0. The van der Waals surface area contributed by atoms with Crippen molar-refractivity contribution in [1.82, 2.24) is 19.7 Å². The molecule has 4 atom stereocenters. The first kappa shape index (κ1) is 24.4. The first-order valence-corrected chi connectivity index (χ1v) is 12.2. The molecule has 5 rings (SSSR count). The molecular formula is C29H28FN5O2. The van der Waals surface area contributed by atoms with Crippen LogP contribution in [0.1, 0.15) is 30.0 Å². The molecule has 7 nitrogen and oxygen atoms in total. The molecule has 1 aromatic carbocycles. The Morgan fingerprint density at radius 1 is 1.03 bits per heavy atom. The third-order valence-electron chi connectivity index (χ3n) is 7.14. The van der Waals surface area contributed by atoms with Gasteiger partial charge in [-0.2, -0.15) is 0 Å². The largest absolute Gasteiger partial charge is 0.369 e. The first-order valence-electron chi connectivity index (χ1n) is 12.2. The number of benzene rings is 1. The molecule has 1 aliphatic carbocycles. The molecule has 2 unspecified atom stereocenters. The van der Waals surface area contributed by atoms with Gasteiger partial charge in [-0.3, -0.25) is 19.0 Å². The van der Waals surface area contributed by atoms with Crippen molar-refractivity contribution in [3.63, 3.8) is 0 Å². The minimum Gasteiger partial charge on any atom is -0.369 e. The highest BCUT2D eigenvalue weighted by atomic mass is 19.1. The molecule has 1 aliphatic rings. The number of amides is 2. The molecule has 3 aromatic heterocycles. The van der Waals surface area contributed by atoms with E-state index in [0.717, 1.165) is 22.2 Å². The molecule has 8 heteroatoms. The van der Waals surface area contributed by atoms with Gasteiger partial charge in [-0.05, 0) is 54.7 Å². The van der Waals surface area contributed by atoms with Crippen molar-refractivity contribution in [2.75, 3.05) is 0 Å². The highest BCUT2D eigenvalue weighted by molar-refractivity contribution is 5.93. The summed E-state index contributed by atoms with van der Waals surface area (Å²) in [6.45, 7) is 5.59. The van der Waals surface area contributed by atoms with Crippen molar-refractivity contribution in [2.24, 2.45) is 23.5 Å². The van der Waals surface area contributed by atoms with E-state index in [9.17, 15) is 14.0 Å². The number of imidazole rings is 1. The maximum absolute atomic E-state index is 13.9. The lowest BCUT2D eigenvalue weighted by Gasteiger charge is -2.35. The number of nitrogens with one attached hydrogen (secondary N) is 1. The lowest BCUT2D eigenvalue weighted by Crippen LogP contribution is -2.52. The van der Waals surface area contributed by atoms with Crippen LogP contribution in [-0.4, -0.2) is 32.2 Å². The minimum atomic E-state index is -0.511. The predicted octanol–water partition coefficient (Wildman–Crippen LogP) is 4.55.